The lowest BCUT2D eigenvalue weighted by atomic mass is 10.0. The number of ketones is 1. The van der Waals surface area contributed by atoms with E-state index in [1.807, 2.05) is 25.1 Å². The summed E-state index contributed by atoms with van der Waals surface area (Å²) in [6, 6.07) is 9.13. The van der Waals surface area contributed by atoms with Crippen LogP contribution in [0.4, 0.5) is 0 Å². The molecule has 0 unspecified atom stereocenters. The Labute approximate surface area is 119 Å². The van der Waals surface area contributed by atoms with E-state index in [0.29, 0.717) is 17.7 Å². The lowest BCUT2D eigenvalue weighted by molar-refractivity contribution is 0.103. The van der Waals surface area contributed by atoms with Crippen LogP contribution in [0.5, 0.6) is 5.75 Å². The van der Waals surface area contributed by atoms with E-state index in [1.54, 1.807) is 24.5 Å². The number of benzene rings is 1. The molecule has 0 bridgehead atoms. The zero-order valence-corrected chi connectivity index (χ0v) is 11.9. The first-order valence-corrected chi connectivity index (χ1v) is 6.90. The average Bonchev–Trinajstić information content (AvgIpc) is 2.48. The van der Waals surface area contributed by atoms with Crippen LogP contribution in [0, 0.1) is 6.92 Å². The molecule has 0 spiro atoms. The minimum absolute atomic E-state index is 0.00397. The van der Waals surface area contributed by atoms with E-state index in [2.05, 4.69) is 11.9 Å². The van der Waals surface area contributed by atoms with Crippen LogP contribution in [0.2, 0.25) is 0 Å². The number of carbonyl (C=O) groups is 1. The SMILES string of the molecule is CCCCOc1ccc(C(=O)c2cnccc2C)cc1. The van der Waals surface area contributed by atoms with E-state index in [9.17, 15) is 4.79 Å². The van der Waals surface area contributed by atoms with Crippen molar-refractivity contribution in [2.45, 2.75) is 26.7 Å². The molecule has 0 aliphatic rings. The van der Waals surface area contributed by atoms with Crippen LogP contribution in [0.25, 0.3) is 0 Å². The molecule has 0 aliphatic carbocycles. The third-order valence-electron chi connectivity index (χ3n) is 3.17. The number of rotatable bonds is 6. The molecule has 0 fully saturated rings. The molecule has 0 radical (unpaired) electrons. The van der Waals surface area contributed by atoms with Gasteiger partial charge in [-0.2, -0.15) is 0 Å². The number of nitrogens with zero attached hydrogens (tertiary/aromatic N) is 1. The molecule has 2 rings (SSSR count). The molecular formula is C17H19NO2. The van der Waals surface area contributed by atoms with Crippen molar-refractivity contribution in [3.63, 3.8) is 0 Å². The van der Waals surface area contributed by atoms with Crippen LogP contribution >= 0.6 is 0 Å². The van der Waals surface area contributed by atoms with Crippen LogP contribution in [-0.4, -0.2) is 17.4 Å². The van der Waals surface area contributed by atoms with Crippen molar-refractivity contribution < 1.29 is 9.53 Å². The molecule has 1 aromatic heterocycles. The number of aromatic nitrogens is 1. The molecule has 3 heteroatoms. The summed E-state index contributed by atoms with van der Waals surface area (Å²) < 4.78 is 5.59. The van der Waals surface area contributed by atoms with Gasteiger partial charge in [-0.25, -0.2) is 0 Å². The number of hydrogen-bond acceptors (Lipinski definition) is 3. The molecular weight excluding hydrogens is 250 g/mol. The Balaban J connectivity index is 2.10. The van der Waals surface area contributed by atoms with Crippen LogP contribution < -0.4 is 4.74 Å². The summed E-state index contributed by atoms with van der Waals surface area (Å²) in [6.07, 6.45) is 5.45. The standard InChI is InChI=1S/C17H19NO2/c1-3-4-11-20-15-7-5-14(6-8-15)17(19)16-12-18-10-9-13(16)2/h5-10,12H,3-4,11H2,1-2H3. The monoisotopic (exact) mass is 269 g/mol. The van der Waals surface area contributed by atoms with Gasteiger partial charge in [0.2, 0.25) is 0 Å². The minimum atomic E-state index is -0.00397. The van der Waals surface area contributed by atoms with E-state index in [-0.39, 0.29) is 5.78 Å². The van der Waals surface area contributed by atoms with Gasteiger partial charge in [0.25, 0.3) is 0 Å². The van der Waals surface area contributed by atoms with Crippen molar-refractivity contribution in [2.75, 3.05) is 6.61 Å². The van der Waals surface area contributed by atoms with Gasteiger partial charge < -0.3 is 4.74 Å². The van der Waals surface area contributed by atoms with E-state index in [4.69, 9.17) is 4.74 Å². The fraction of sp³-hybridized carbons (Fsp3) is 0.294. The maximum atomic E-state index is 12.4. The van der Waals surface area contributed by atoms with Crippen molar-refractivity contribution in [3.8, 4) is 5.75 Å². The summed E-state index contributed by atoms with van der Waals surface area (Å²) in [5.41, 5.74) is 2.24. The second-order valence-corrected chi connectivity index (χ2v) is 4.75. The van der Waals surface area contributed by atoms with Gasteiger partial charge in [0.05, 0.1) is 6.61 Å². The molecule has 0 N–H and O–H groups in total. The Bertz CT molecular complexity index is 576. The third kappa shape index (κ3) is 3.44. The Kier molecular flexibility index (Phi) is 4.88. The predicted molar refractivity (Wildman–Crippen MR) is 79.3 cm³/mol. The summed E-state index contributed by atoms with van der Waals surface area (Å²) >= 11 is 0. The summed E-state index contributed by atoms with van der Waals surface area (Å²) in [7, 11) is 0. The lowest BCUT2D eigenvalue weighted by Gasteiger charge is -2.07. The third-order valence-corrected chi connectivity index (χ3v) is 3.17. The quantitative estimate of drug-likeness (QED) is 0.591. The molecule has 1 aromatic carbocycles. The fourth-order valence-corrected chi connectivity index (χ4v) is 1.89. The van der Waals surface area contributed by atoms with Crippen LogP contribution in [0.1, 0.15) is 41.3 Å². The van der Waals surface area contributed by atoms with E-state index >= 15 is 0 Å². The van der Waals surface area contributed by atoms with Crippen molar-refractivity contribution in [1.29, 1.82) is 0 Å². The van der Waals surface area contributed by atoms with Gasteiger partial charge in [0.1, 0.15) is 5.75 Å². The fourth-order valence-electron chi connectivity index (χ4n) is 1.89. The molecule has 0 saturated carbocycles. The van der Waals surface area contributed by atoms with E-state index < -0.39 is 0 Å². The first-order chi connectivity index (χ1) is 9.72. The van der Waals surface area contributed by atoms with Crippen molar-refractivity contribution in [1.82, 2.24) is 4.98 Å². The average molecular weight is 269 g/mol. The van der Waals surface area contributed by atoms with Crippen LogP contribution in [0.15, 0.2) is 42.7 Å². The Morgan fingerprint density at radius 1 is 1.20 bits per heavy atom. The highest BCUT2D eigenvalue weighted by molar-refractivity contribution is 6.09. The van der Waals surface area contributed by atoms with E-state index in [0.717, 1.165) is 24.2 Å². The van der Waals surface area contributed by atoms with Gasteiger partial charge in [-0.15, -0.1) is 0 Å². The largest absolute Gasteiger partial charge is 0.494 e. The molecule has 0 atom stereocenters. The number of ether oxygens (including phenoxy) is 1. The Hall–Kier alpha value is -2.16. The summed E-state index contributed by atoms with van der Waals surface area (Å²) in [4.78, 5) is 16.4. The highest BCUT2D eigenvalue weighted by Gasteiger charge is 2.11. The molecule has 104 valence electrons. The van der Waals surface area contributed by atoms with Crippen molar-refractivity contribution >= 4 is 5.78 Å². The number of unbranched alkanes of at least 4 members (excludes halogenated alkanes) is 1. The second-order valence-electron chi connectivity index (χ2n) is 4.75. The molecule has 2 aromatic rings. The smallest absolute Gasteiger partial charge is 0.194 e. The zero-order valence-electron chi connectivity index (χ0n) is 11.9. The summed E-state index contributed by atoms with van der Waals surface area (Å²) in [6.45, 7) is 4.75. The topological polar surface area (TPSA) is 39.2 Å². The highest BCUT2D eigenvalue weighted by Crippen LogP contribution is 2.17. The van der Waals surface area contributed by atoms with Gasteiger partial charge in [-0.1, -0.05) is 13.3 Å². The molecule has 20 heavy (non-hydrogen) atoms. The predicted octanol–water partition coefficient (Wildman–Crippen LogP) is 3.80. The van der Waals surface area contributed by atoms with E-state index in [1.165, 1.54) is 0 Å². The Morgan fingerprint density at radius 3 is 2.60 bits per heavy atom. The summed E-state index contributed by atoms with van der Waals surface area (Å²) in [5.74, 6) is 0.800. The van der Waals surface area contributed by atoms with Gasteiger partial charge in [-0.05, 0) is 49.2 Å². The number of carbonyl (C=O) groups excluding carboxylic acids is 1. The van der Waals surface area contributed by atoms with Crippen molar-refractivity contribution in [2.24, 2.45) is 0 Å². The number of aryl methyl sites for hydroxylation is 1. The number of pyridine rings is 1. The van der Waals surface area contributed by atoms with Crippen LogP contribution in [0.3, 0.4) is 0 Å². The van der Waals surface area contributed by atoms with Gasteiger partial charge in [0, 0.05) is 23.5 Å². The maximum absolute atomic E-state index is 12.4. The minimum Gasteiger partial charge on any atom is -0.494 e. The lowest BCUT2D eigenvalue weighted by Crippen LogP contribution is -2.04. The van der Waals surface area contributed by atoms with Crippen LogP contribution in [-0.2, 0) is 0 Å². The molecule has 0 amide bonds. The first-order valence-electron chi connectivity index (χ1n) is 6.90. The molecule has 3 nitrogen and oxygen atoms in total. The van der Waals surface area contributed by atoms with Gasteiger partial charge in [0.15, 0.2) is 5.78 Å². The maximum Gasteiger partial charge on any atom is 0.194 e. The molecule has 0 saturated heterocycles. The molecule has 1 heterocycles. The van der Waals surface area contributed by atoms with Gasteiger partial charge >= 0.3 is 0 Å². The highest BCUT2D eigenvalue weighted by atomic mass is 16.5. The Morgan fingerprint density at radius 2 is 1.95 bits per heavy atom. The summed E-state index contributed by atoms with van der Waals surface area (Å²) in [5, 5.41) is 0. The second kappa shape index (κ2) is 6.85. The van der Waals surface area contributed by atoms with Crippen molar-refractivity contribution in [3.05, 3.63) is 59.4 Å². The first kappa shape index (κ1) is 14.3. The van der Waals surface area contributed by atoms with Gasteiger partial charge in [-0.3, -0.25) is 9.78 Å². The number of hydrogen-bond donors (Lipinski definition) is 0. The normalized spacial score (nSPS) is 10.3. The molecule has 0 aliphatic heterocycles. The zero-order chi connectivity index (χ0) is 14.4.